The van der Waals surface area contributed by atoms with Gasteiger partial charge in [0.05, 0.1) is 4.90 Å². The minimum atomic E-state index is -3.60. The van der Waals surface area contributed by atoms with E-state index in [1.54, 1.807) is 41.3 Å². The van der Waals surface area contributed by atoms with Gasteiger partial charge in [-0.1, -0.05) is 25.1 Å². The van der Waals surface area contributed by atoms with E-state index in [2.05, 4.69) is 4.72 Å². The van der Waals surface area contributed by atoms with E-state index in [4.69, 9.17) is 0 Å². The van der Waals surface area contributed by atoms with Crippen LogP contribution in [0.4, 0.5) is 11.4 Å². The number of hydrogen-bond donors (Lipinski definition) is 1. The Kier molecular flexibility index (Phi) is 4.57. The maximum atomic E-state index is 12.4. The smallest absolute Gasteiger partial charge is 0.261 e. The highest BCUT2D eigenvalue weighted by molar-refractivity contribution is 7.92. The number of benzene rings is 2. The van der Waals surface area contributed by atoms with Gasteiger partial charge in [0.2, 0.25) is 5.91 Å². The molecule has 0 fully saturated rings. The van der Waals surface area contributed by atoms with Crippen molar-refractivity contribution < 1.29 is 13.2 Å². The highest BCUT2D eigenvalue weighted by Crippen LogP contribution is 2.31. The molecule has 0 atom stereocenters. The van der Waals surface area contributed by atoms with E-state index in [0.29, 0.717) is 12.1 Å². The predicted molar refractivity (Wildman–Crippen MR) is 94.7 cm³/mol. The SMILES string of the molecule is CCC(=O)N1CCCc2cc(NS(=O)(=O)c3ccccc3)ccc21. The number of sulfonamides is 1. The van der Waals surface area contributed by atoms with E-state index >= 15 is 0 Å². The van der Waals surface area contributed by atoms with Gasteiger partial charge in [-0.2, -0.15) is 0 Å². The predicted octanol–water partition coefficient (Wildman–Crippen LogP) is 3.18. The van der Waals surface area contributed by atoms with Gasteiger partial charge in [-0.15, -0.1) is 0 Å². The molecule has 1 N–H and O–H groups in total. The van der Waals surface area contributed by atoms with Crippen LogP contribution in [0, 0.1) is 0 Å². The van der Waals surface area contributed by atoms with Crippen LogP contribution in [0.3, 0.4) is 0 Å². The third-order valence-electron chi connectivity index (χ3n) is 4.11. The van der Waals surface area contributed by atoms with Crippen molar-refractivity contribution in [3.8, 4) is 0 Å². The molecule has 1 heterocycles. The van der Waals surface area contributed by atoms with Gasteiger partial charge < -0.3 is 4.90 Å². The third kappa shape index (κ3) is 3.28. The van der Waals surface area contributed by atoms with Gasteiger partial charge in [-0.3, -0.25) is 9.52 Å². The fraction of sp³-hybridized carbons (Fsp3) is 0.278. The van der Waals surface area contributed by atoms with Gasteiger partial charge in [0.15, 0.2) is 0 Å². The number of nitrogens with one attached hydrogen (secondary N) is 1. The lowest BCUT2D eigenvalue weighted by molar-refractivity contribution is -0.118. The van der Waals surface area contributed by atoms with Crippen LogP contribution in [0.2, 0.25) is 0 Å². The Hall–Kier alpha value is -2.34. The normalized spacial score (nSPS) is 14.1. The number of aryl methyl sites for hydroxylation is 1. The largest absolute Gasteiger partial charge is 0.312 e. The maximum absolute atomic E-state index is 12.4. The second kappa shape index (κ2) is 6.65. The highest BCUT2D eigenvalue weighted by atomic mass is 32.2. The van der Waals surface area contributed by atoms with E-state index in [1.807, 2.05) is 19.1 Å². The van der Waals surface area contributed by atoms with Crippen LogP contribution in [0.5, 0.6) is 0 Å². The first-order chi connectivity index (χ1) is 11.5. The number of rotatable bonds is 4. The number of fused-ring (bicyclic) bond motifs is 1. The average molecular weight is 344 g/mol. The fourth-order valence-electron chi connectivity index (χ4n) is 2.92. The summed E-state index contributed by atoms with van der Waals surface area (Å²) in [5.74, 6) is 0.0913. The van der Waals surface area contributed by atoms with Crippen molar-refractivity contribution in [1.29, 1.82) is 0 Å². The topological polar surface area (TPSA) is 66.5 Å². The Labute approximate surface area is 142 Å². The van der Waals surface area contributed by atoms with Crippen molar-refractivity contribution >= 4 is 27.3 Å². The average Bonchev–Trinajstić information content (AvgIpc) is 2.60. The van der Waals surface area contributed by atoms with Crippen LogP contribution in [-0.2, 0) is 21.2 Å². The Bertz CT molecular complexity index is 848. The van der Waals surface area contributed by atoms with Crippen molar-refractivity contribution in [1.82, 2.24) is 0 Å². The summed E-state index contributed by atoms with van der Waals surface area (Å²) in [6.45, 7) is 2.56. The first-order valence-corrected chi connectivity index (χ1v) is 9.51. The van der Waals surface area contributed by atoms with Crippen LogP contribution in [0.25, 0.3) is 0 Å². The molecule has 3 rings (SSSR count). The Morgan fingerprint density at radius 3 is 2.62 bits per heavy atom. The lowest BCUT2D eigenvalue weighted by Gasteiger charge is -2.29. The van der Waals surface area contributed by atoms with E-state index in [0.717, 1.165) is 30.6 Å². The third-order valence-corrected chi connectivity index (χ3v) is 5.50. The van der Waals surface area contributed by atoms with Crippen LogP contribution < -0.4 is 9.62 Å². The number of nitrogens with zero attached hydrogens (tertiary/aromatic N) is 1. The van der Waals surface area contributed by atoms with Crippen LogP contribution in [0.15, 0.2) is 53.4 Å². The van der Waals surface area contributed by atoms with Gasteiger partial charge in [0, 0.05) is 24.3 Å². The van der Waals surface area contributed by atoms with Crippen molar-refractivity contribution in [2.24, 2.45) is 0 Å². The minimum Gasteiger partial charge on any atom is -0.312 e. The number of hydrogen-bond acceptors (Lipinski definition) is 3. The zero-order valence-corrected chi connectivity index (χ0v) is 14.3. The van der Waals surface area contributed by atoms with Gasteiger partial charge in [-0.05, 0) is 48.7 Å². The monoisotopic (exact) mass is 344 g/mol. The Morgan fingerprint density at radius 2 is 1.92 bits per heavy atom. The summed E-state index contributed by atoms with van der Waals surface area (Å²) in [5.41, 5.74) is 2.40. The summed E-state index contributed by atoms with van der Waals surface area (Å²) in [6.07, 6.45) is 2.18. The molecule has 0 aliphatic carbocycles. The van der Waals surface area contributed by atoms with Crippen LogP contribution in [0.1, 0.15) is 25.3 Å². The summed E-state index contributed by atoms with van der Waals surface area (Å²) >= 11 is 0. The lowest BCUT2D eigenvalue weighted by atomic mass is 10.0. The van der Waals surface area contributed by atoms with E-state index < -0.39 is 10.0 Å². The van der Waals surface area contributed by atoms with Crippen molar-refractivity contribution in [3.05, 3.63) is 54.1 Å². The Balaban J connectivity index is 1.88. The molecule has 5 nitrogen and oxygen atoms in total. The molecule has 1 aliphatic heterocycles. The molecule has 0 aromatic heterocycles. The van der Waals surface area contributed by atoms with Gasteiger partial charge in [0.1, 0.15) is 0 Å². The molecule has 126 valence electrons. The van der Waals surface area contributed by atoms with E-state index in [9.17, 15) is 13.2 Å². The number of carbonyl (C=O) groups is 1. The molecule has 1 amide bonds. The van der Waals surface area contributed by atoms with Crippen molar-refractivity contribution in [2.75, 3.05) is 16.2 Å². The zero-order valence-electron chi connectivity index (χ0n) is 13.5. The van der Waals surface area contributed by atoms with Gasteiger partial charge >= 0.3 is 0 Å². The number of anilines is 2. The standard InChI is InChI=1S/C18H20N2O3S/c1-2-18(21)20-12-6-7-14-13-15(10-11-17(14)20)19-24(22,23)16-8-4-3-5-9-16/h3-5,8-11,13,19H,2,6-7,12H2,1H3. The minimum absolute atomic E-state index is 0.0913. The summed E-state index contributed by atoms with van der Waals surface area (Å²) in [7, 11) is -3.60. The molecule has 2 aromatic carbocycles. The second-order valence-corrected chi connectivity index (χ2v) is 7.45. The molecule has 0 saturated heterocycles. The molecule has 0 unspecified atom stereocenters. The molecule has 6 heteroatoms. The maximum Gasteiger partial charge on any atom is 0.261 e. The number of carbonyl (C=O) groups excluding carboxylic acids is 1. The first-order valence-electron chi connectivity index (χ1n) is 8.02. The summed E-state index contributed by atoms with van der Waals surface area (Å²) < 4.78 is 27.4. The van der Waals surface area contributed by atoms with Crippen molar-refractivity contribution in [3.63, 3.8) is 0 Å². The molecule has 0 radical (unpaired) electrons. The van der Waals surface area contributed by atoms with E-state index in [-0.39, 0.29) is 10.8 Å². The number of amides is 1. The quantitative estimate of drug-likeness (QED) is 0.926. The molecule has 0 bridgehead atoms. The molecule has 1 aliphatic rings. The zero-order chi connectivity index (χ0) is 17.2. The molecule has 0 saturated carbocycles. The molecular formula is C18H20N2O3S. The van der Waals surface area contributed by atoms with Crippen LogP contribution >= 0.6 is 0 Å². The van der Waals surface area contributed by atoms with Crippen LogP contribution in [-0.4, -0.2) is 20.9 Å². The summed E-state index contributed by atoms with van der Waals surface area (Å²) in [5, 5.41) is 0. The summed E-state index contributed by atoms with van der Waals surface area (Å²) in [4.78, 5) is 14.1. The fourth-order valence-corrected chi connectivity index (χ4v) is 3.99. The lowest BCUT2D eigenvalue weighted by Crippen LogP contribution is -2.34. The molecular weight excluding hydrogens is 324 g/mol. The van der Waals surface area contributed by atoms with Crippen molar-refractivity contribution in [2.45, 2.75) is 31.1 Å². The van der Waals surface area contributed by atoms with E-state index in [1.165, 1.54) is 0 Å². The van der Waals surface area contributed by atoms with Gasteiger partial charge in [-0.25, -0.2) is 8.42 Å². The molecule has 0 spiro atoms. The highest BCUT2D eigenvalue weighted by Gasteiger charge is 2.22. The molecule has 24 heavy (non-hydrogen) atoms. The Morgan fingerprint density at radius 1 is 1.17 bits per heavy atom. The first kappa shape index (κ1) is 16.5. The van der Waals surface area contributed by atoms with Gasteiger partial charge in [0.25, 0.3) is 10.0 Å². The second-order valence-electron chi connectivity index (χ2n) is 5.76. The summed E-state index contributed by atoms with van der Waals surface area (Å²) in [6, 6.07) is 13.6. The molecule has 2 aromatic rings.